The molecule has 1 aromatic carbocycles. The van der Waals surface area contributed by atoms with Crippen molar-refractivity contribution >= 4 is 5.97 Å². The maximum Gasteiger partial charge on any atom is 0.334 e. The molecule has 84 valence electrons. The van der Waals surface area contributed by atoms with Gasteiger partial charge in [0.05, 0.1) is 6.61 Å². The van der Waals surface area contributed by atoms with E-state index < -0.39 is 0 Å². The Bertz CT molecular complexity index is 398. The van der Waals surface area contributed by atoms with Crippen LogP contribution >= 0.6 is 0 Å². The van der Waals surface area contributed by atoms with Gasteiger partial charge in [-0.25, -0.2) is 4.79 Å². The Morgan fingerprint density at radius 1 is 1.25 bits per heavy atom. The van der Waals surface area contributed by atoms with Crippen molar-refractivity contribution in [3.63, 3.8) is 0 Å². The first kappa shape index (κ1) is 10.9. The van der Waals surface area contributed by atoms with Crippen LogP contribution in [0.1, 0.15) is 25.3 Å². The molecule has 2 rings (SSSR count). The Hall–Kier alpha value is -1.57. The van der Waals surface area contributed by atoms with Crippen LogP contribution in [0.15, 0.2) is 41.5 Å². The first-order valence-corrected chi connectivity index (χ1v) is 5.73. The Morgan fingerprint density at radius 3 is 2.50 bits per heavy atom. The van der Waals surface area contributed by atoms with Gasteiger partial charge in [0.1, 0.15) is 0 Å². The van der Waals surface area contributed by atoms with Crippen molar-refractivity contribution in [2.75, 3.05) is 6.61 Å². The van der Waals surface area contributed by atoms with Crippen molar-refractivity contribution in [1.29, 1.82) is 0 Å². The average Bonchev–Trinajstić information content (AvgIpc) is 3.11. The summed E-state index contributed by atoms with van der Waals surface area (Å²) < 4.78 is 5.08. The summed E-state index contributed by atoms with van der Waals surface area (Å²) in [7, 11) is 0. The van der Waals surface area contributed by atoms with Gasteiger partial charge < -0.3 is 4.74 Å². The molecule has 0 amide bonds. The second-order valence-corrected chi connectivity index (χ2v) is 3.96. The zero-order chi connectivity index (χ0) is 11.4. The third-order valence-electron chi connectivity index (χ3n) is 2.67. The molecule has 1 fully saturated rings. The molecule has 1 aliphatic carbocycles. The van der Waals surface area contributed by atoms with Crippen LogP contribution in [0.3, 0.4) is 0 Å². The molecule has 0 atom stereocenters. The molecule has 2 heteroatoms. The van der Waals surface area contributed by atoms with Crippen LogP contribution in [0.4, 0.5) is 0 Å². The van der Waals surface area contributed by atoms with Crippen molar-refractivity contribution in [3.05, 3.63) is 47.0 Å². The topological polar surface area (TPSA) is 26.3 Å². The molecular weight excluding hydrogens is 200 g/mol. The molecule has 0 radical (unpaired) electrons. The van der Waals surface area contributed by atoms with Crippen LogP contribution in [0.5, 0.6) is 0 Å². The molecule has 2 nitrogen and oxygen atoms in total. The summed E-state index contributed by atoms with van der Waals surface area (Å²) in [4.78, 5) is 11.7. The van der Waals surface area contributed by atoms with E-state index in [9.17, 15) is 4.79 Å². The fraction of sp³-hybridized carbons (Fsp3) is 0.357. The molecule has 1 saturated carbocycles. The van der Waals surface area contributed by atoms with E-state index in [4.69, 9.17) is 4.74 Å². The van der Waals surface area contributed by atoms with Crippen molar-refractivity contribution in [2.45, 2.75) is 26.2 Å². The van der Waals surface area contributed by atoms with Crippen LogP contribution in [0.25, 0.3) is 0 Å². The molecule has 0 bridgehead atoms. The SMILES string of the molecule is CCOC(=O)C(Cc1ccccc1)=C1CC1. The summed E-state index contributed by atoms with van der Waals surface area (Å²) in [5.74, 6) is -0.140. The Kier molecular flexibility index (Phi) is 3.40. The van der Waals surface area contributed by atoms with Gasteiger partial charge in [-0.05, 0) is 25.3 Å². The van der Waals surface area contributed by atoms with Crippen molar-refractivity contribution in [2.24, 2.45) is 0 Å². The molecule has 0 spiro atoms. The highest BCUT2D eigenvalue weighted by Gasteiger charge is 2.23. The number of rotatable bonds is 4. The second-order valence-electron chi connectivity index (χ2n) is 3.96. The standard InChI is InChI=1S/C14H16O2/c1-2-16-14(15)13(12-8-9-12)10-11-6-4-3-5-7-11/h3-7H,2,8-10H2,1H3. The number of benzene rings is 1. The molecule has 0 heterocycles. The van der Waals surface area contributed by atoms with Gasteiger partial charge in [0.15, 0.2) is 0 Å². The van der Waals surface area contributed by atoms with Crippen LogP contribution in [0, 0.1) is 0 Å². The molecule has 16 heavy (non-hydrogen) atoms. The zero-order valence-electron chi connectivity index (χ0n) is 9.53. The summed E-state index contributed by atoms with van der Waals surface area (Å²) in [5.41, 5.74) is 3.31. The maximum absolute atomic E-state index is 11.7. The fourth-order valence-corrected chi connectivity index (χ4v) is 1.72. The minimum Gasteiger partial charge on any atom is -0.463 e. The zero-order valence-corrected chi connectivity index (χ0v) is 9.53. The Labute approximate surface area is 95.9 Å². The highest BCUT2D eigenvalue weighted by atomic mass is 16.5. The van der Waals surface area contributed by atoms with E-state index in [0.29, 0.717) is 13.0 Å². The third kappa shape index (κ3) is 2.72. The van der Waals surface area contributed by atoms with E-state index in [1.165, 1.54) is 11.1 Å². The molecule has 0 saturated heterocycles. The normalized spacial score (nSPS) is 13.4. The largest absolute Gasteiger partial charge is 0.463 e. The predicted molar refractivity (Wildman–Crippen MR) is 63.0 cm³/mol. The van der Waals surface area contributed by atoms with Crippen LogP contribution in [0.2, 0.25) is 0 Å². The predicted octanol–water partition coefficient (Wildman–Crippen LogP) is 2.88. The lowest BCUT2D eigenvalue weighted by molar-refractivity contribution is -0.138. The molecule has 0 aromatic heterocycles. The second kappa shape index (κ2) is 4.97. The number of hydrogen-bond acceptors (Lipinski definition) is 2. The highest BCUT2D eigenvalue weighted by molar-refractivity contribution is 5.90. The molecule has 0 unspecified atom stereocenters. The molecular formula is C14H16O2. The van der Waals surface area contributed by atoms with E-state index in [1.54, 1.807) is 0 Å². The van der Waals surface area contributed by atoms with E-state index in [2.05, 4.69) is 0 Å². The number of hydrogen-bond donors (Lipinski definition) is 0. The van der Waals surface area contributed by atoms with Gasteiger partial charge >= 0.3 is 5.97 Å². The van der Waals surface area contributed by atoms with E-state index in [1.807, 2.05) is 37.3 Å². The third-order valence-corrected chi connectivity index (χ3v) is 2.67. The summed E-state index contributed by atoms with van der Waals surface area (Å²) in [6, 6.07) is 10.1. The number of esters is 1. The van der Waals surface area contributed by atoms with Gasteiger partial charge in [0.25, 0.3) is 0 Å². The monoisotopic (exact) mass is 216 g/mol. The van der Waals surface area contributed by atoms with E-state index in [0.717, 1.165) is 18.4 Å². The van der Waals surface area contributed by atoms with Crippen molar-refractivity contribution in [1.82, 2.24) is 0 Å². The Balaban J connectivity index is 2.11. The minimum absolute atomic E-state index is 0.140. The molecule has 1 aromatic rings. The van der Waals surface area contributed by atoms with Crippen LogP contribution in [-0.4, -0.2) is 12.6 Å². The summed E-state index contributed by atoms with van der Waals surface area (Å²) in [6.45, 7) is 2.29. The number of allylic oxidation sites excluding steroid dienone is 1. The number of carbonyl (C=O) groups is 1. The Morgan fingerprint density at radius 2 is 1.94 bits per heavy atom. The first-order chi connectivity index (χ1) is 7.81. The van der Waals surface area contributed by atoms with Gasteiger partial charge in [-0.15, -0.1) is 0 Å². The first-order valence-electron chi connectivity index (χ1n) is 5.73. The van der Waals surface area contributed by atoms with E-state index >= 15 is 0 Å². The van der Waals surface area contributed by atoms with Crippen LogP contribution in [-0.2, 0) is 16.0 Å². The number of carbonyl (C=O) groups excluding carboxylic acids is 1. The van der Waals surface area contributed by atoms with Gasteiger partial charge in [0, 0.05) is 12.0 Å². The van der Waals surface area contributed by atoms with Crippen LogP contribution < -0.4 is 0 Å². The molecule has 0 aliphatic heterocycles. The fourth-order valence-electron chi connectivity index (χ4n) is 1.72. The van der Waals surface area contributed by atoms with Gasteiger partial charge in [-0.2, -0.15) is 0 Å². The minimum atomic E-state index is -0.140. The highest BCUT2D eigenvalue weighted by Crippen LogP contribution is 2.33. The summed E-state index contributed by atoms with van der Waals surface area (Å²) in [6.07, 6.45) is 2.82. The van der Waals surface area contributed by atoms with Gasteiger partial charge in [-0.1, -0.05) is 35.9 Å². The lowest BCUT2D eigenvalue weighted by Crippen LogP contribution is -2.10. The summed E-state index contributed by atoms with van der Waals surface area (Å²) >= 11 is 0. The van der Waals surface area contributed by atoms with Crippen molar-refractivity contribution < 1.29 is 9.53 Å². The molecule has 1 aliphatic rings. The lowest BCUT2D eigenvalue weighted by Gasteiger charge is -2.06. The lowest BCUT2D eigenvalue weighted by atomic mass is 10.0. The van der Waals surface area contributed by atoms with Gasteiger partial charge in [0.2, 0.25) is 0 Å². The maximum atomic E-state index is 11.7. The van der Waals surface area contributed by atoms with E-state index in [-0.39, 0.29) is 5.97 Å². The smallest absolute Gasteiger partial charge is 0.334 e. The number of ether oxygens (including phenoxy) is 1. The molecule has 0 N–H and O–H groups in total. The van der Waals surface area contributed by atoms with Crippen molar-refractivity contribution in [3.8, 4) is 0 Å². The quantitative estimate of drug-likeness (QED) is 0.571. The summed E-state index contributed by atoms with van der Waals surface area (Å²) in [5, 5.41) is 0. The average molecular weight is 216 g/mol. The van der Waals surface area contributed by atoms with Gasteiger partial charge in [-0.3, -0.25) is 0 Å².